The lowest BCUT2D eigenvalue weighted by molar-refractivity contribution is -0.0649. The van der Waals surface area contributed by atoms with E-state index in [1.807, 2.05) is 29.4 Å². The molecule has 20 heavy (non-hydrogen) atoms. The van der Waals surface area contributed by atoms with E-state index in [0.29, 0.717) is 19.4 Å². The fraction of sp³-hybridized carbons (Fsp3) is 0.571. The van der Waals surface area contributed by atoms with Gasteiger partial charge in [-0.2, -0.15) is 0 Å². The summed E-state index contributed by atoms with van der Waals surface area (Å²) in [5.41, 5.74) is 0.620. The van der Waals surface area contributed by atoms with Crippen LogP contribution in [0.4, 0.5) is 8.78 Å². The molecule has 0 radical (unpaired) electrons. The third-order valence-corrected chi connectivity index (χ3v) is 6.62. The van der Waals surface area contributed by atoms with Gasteiger partial charge in [0.1, 0.15) is 0 Å². The maximum atomic E-state index is 13.3. The van der Waals surface area contributed by atoms with Crippen LogP contribution in [0.25, 0.3) is 0 Å². The highest BCUT2D eigenvalue weighted by atomic mass is 79.9. The van der Waals surface area contributed by atoms with Gasteiger partial charge in [0.2, 0.25) is 5.92 Å². The van der Waals surface area contributed by atoms with Gasteiger partial charge in [-0.3, -0.25) is 0 Å². The van der Waals surface area contributed by atoms with Crippen molar-refractivity contribution in [1.82, 2.24) is 4.31 Å². The van der Waals surface area contributed by atoms with Crippen LogP contribution in [0.5, 0.6) is 0 Å². The van der Waals surface area contributed by atoms with Crippen molar-refractivity contribution < 1.29 is 13.3 Å². The normalized spacial score (nSPS) is 28.4. The fourth-order valence-electron chi connectivity index (χ4n) is 2.97. The summed E-state index contributed by atoms with van der Waals surface area (Å²) in [6, 6.07) is 5.70. The topological polar surface area (TPSA) is 26.3 Å². The number of hydrogen-bond acceptors (Lipinski definition) is 2. The van der Waals surface area contributed by atoms with Crippen LogP contribution in [-0.2, 0) is 17.9 Å². The molecule has 1 aromatic carbocycles. The molecule has 0 aromatic heterocycles. The molecule has 1 heterocycles. The zero-order valence-electron chi connectivity index (χ0n) is 11.2. The van der Waals surface area contributed by atoms with Gasteiger partial charge in [-0.05, 0) is 38.0 Å². The molecule has 1 aliphatic heterocycles. The van der Waals surface area contributed by atoms with Crippen LogP contribution < -0.4 is 0 Å². The van der Waals surface area contributed by atoms with E-state index in [4.69, 9.17) is 0 Å². The number of fused-ring (bicyclic) bond motifs is 1. The quantitative estimate of drug-likeness (QED) is 0.697. The van der Waals surface area contributed by atoms with Gasteiger partial charge < -0.3 is 4.55 Å². The average molecular weight is 364 g/mol. The first-order valence-electron chi connectivity index (χ1n) is 6.67. The average Bonchev–Trinajstić information content (AvgIpc) is 2.71. The van der Waals surface area contributed by atoms with Crippen molar-refractivity contribution in [3.8, 4) is 0 Å². The van der Waals surface area contributed by atoms with Gasteiger partial charge in [-0.15, -0.1) is 4.31 Å². The van der Waals surface area contributed by atoms with Crippen LogP contribution in [0.1, 0.15) is 38.2 Å². The number of rotatable bonds is 1. The van der Waals surface area contributed by atoms with Crippen molar-refractivity contribution in [3.05, 3.63) is 28.2 Å². The number of benzene rings is 1. The molecule has 1 aromatic rings. The van der Waals surface area contributed by atoms with Gasteiger partial charge in [0.25, 0.3) is 0 Å². The Morgan fingerprint density at radius 1 is 1.25 bits per heavy atom. The molecule has 1 saturated carbocycles. The summed E-state index contributed by atoms with van der Waals surface area (Å²) in [4.78, 5) is 0.812. The van der Waals surface area contributed by atoms with E-state index in [0.717, 1.165) is 14.9 Å². The molecule has 6 heteroatoms. The van der Waals surface area contributed by atoms with Gasteiger partial charge in [0, 0.05) is 22.9 Å². The Balaban J connectivity index is 1.83. The minimum Gasteiger partial charge on any atom is -0.593 e. The second-order valence-electron chi connectivity index (χ2n) is 5.89. The predicted octanol–water partition coefficient (Wildman–Crippen LogP) is 4.26. The molecule has 3 rings (SSSR count). The lowest BCUT2D eigenvalue weighted by Crippen LogP contribution is -2.50. The Hall–Kier alpha value is -0.170. The standard InChI is InChI=1S/C14H16BrF2NOS/c1-13(4-6-14(16,17)7-5-13)18-9-10-8-11(15)2-3-12(10)20(18)19/h2-3,8H,4-7,9H2,1H3. The van der Waals surface area contributed by atoms with E-state index in [1.54, 1.807) is 0 Å². The first kappa shape index (κ1) is 14.8. The van der Waals surface area contributed by atoms with Crippen molar-refractivity contribution >= 4 is 27.3 Å². The van der Waals surface area contributed by atoms with Crippen molar-refractivity contribution in [2.24, 2.45) is 0 Å². The Morgan fingerprint density at radius 3 is 2.55 bits per heavy atom. The Labute approximate surface area is 129 Å². The van der Waals surface area contributed by atoms with Crippen LogP contribution >= 0.6 is 15.9 Å². The van der Waals surface area contributed by atoms with Crippen molar-refractivity contribution in [2.45, 2.75) is 55.5 Å². The monoisotopic (exact) mass is 363 g/mol. The minimum absolute atomic E-state index is 0.114. The summed E-state index contributed by atoms with van der Waals surface area (Å²) >= 11 is 2.17. The summed E-state index contributed by atoms with van der Waals surface area (Å²) in [6.07, 6.45) is 0.552. The summed E-state index contributed by atoms with van der Waals surface area (Å²) in [7, 11) is 0. The maximum absolute atomic E-state index is 13.3. The third-order valence-electron chi connectivity index (χ3n) is 4.39. The largest absolute Gasteiger partial charge is 0.593 e. The number of nitrogens with zero attached hydrogens (tertiary/aromatic N) is 1. The van der Waals surface area contributed by atoms with Gasteiger partial charge in [-0.25, -0.2) is 8.78 Å². The first-order chi connectivity index (χ1) is 9.31. The SMILES string of the molecule is CC1(N2Cc3cc(Br)ccc3[S+]2[O-])CCC(F)(F)CC1. The third kappa shape index (κ3) is 2.51. The van der Waals surface area contributed by atoms with Crippen LogP contribution in [-0.4, -0.2) is 20.3 Å². The molecule has 1 atom stereocenters. The van der Waals surface area contributed by atoms with Crippen molar-refractivity contribution in [1.29, 1.82) is 0 Å². The smallest absolute Gasteiger partial charge is 0.248 e. The second kappa shape index (κ2) is 4.93. The van der Waals surface area contributed by atoms with Crippen LogP contribution in [0.15, 0.2) is 27.6 Å². The number of alkyl halides is 2. The van der Waals surface area contributed by atoms with Gasteiger partial charge >= 0.3 is 0 Å². The van der Waals surface area contributed by atoms with Crippen LogP contribution in [0, 0.1) is 0 Å². The summed E-state index contributed by atoms with van der Waals surface area (Å²) in [6.45, 7) is 2.53. The Kier molecular flexibility index (Phi) is 3.64. The molecule has 1 unspecified atom stereocenters. The highest BCUT2D eigenvalue weighted by Gasteiger charge is 2.51. The zero-order valence-corrected chi connectivity index (χ0v) is 13.6. The number of halogens is 3. The molecular formula is C14H16BrF2NOS. The van der Waals surface area contributed by atoms with Gasteiger partial charge in [0.15, 0.2) is 4.90 Å². The van der Waals surface area contributed by atoms with Gasteiger partial charge in [-0.1, -0.05) is 15.9 Å². The van der Waals surface area contributed by atoms with E-state index >= 15 is 0 Å². The molecule has 1 fully saturated rings. The molecule has 0 bridgehead atoms. The molecule has 2 nitrogen and oxygen atoms in total. The molecule has 0 N–H and O–H groups in total. The Bertz CT molecular complexity index is 530. The van der Waals surface area contributed by atoms with E-state index < -0.39 is 22.8 Å². The lowest BCUT2D eigenvalue weighted by atomic mass is 9.81. The van der Waals surface area contributed by atoms with E-state index in [-0.39, 0.29) is 12.8 Å². The fourth-order valence-corrected chi connectivity index (χ4v) is 4.99. The first-order valence-corrected chi connectivity index (χ1v) is 8.57. The summed E-state index contributed by atoms with van der Waals surface area (Å²) in [5.74, 6) is -2.56. The molecule has 0 spiro atoms. The maximum Gasteiger partial charge on any atom is 0.248 e. The minimum atomic E-state index is -2.56. The van der Waals surface area contributed by atoms with E-state index in [9.17, 15) is 13.3 Å². The molecule has 0 amide bonds. The molecule has 110 valence electrons. The highest BCUT2D eigenvalue weighted by molar-refractivity contribution is 9.10. The summed E-state index contributed by atoms with van der Waals surface area (Å²) in [5, 5.41) is 0. The molecule has 0 saturated heterocycles. The van der Waals surface area contributed by atoms with Crippen LogP contribution in [0.3, 0.4) is 0 Å². The predicted molar refractivity (Wildman–Crippen MR) is 77.9 cm³/mol. The number of hydrogen-bond donors (Lipinski definition) is 0. The van der Waals surface area contributed by atoms with Crippen molar-refractivity contribution in [3.63, 3.8) is 0 Å². The zero-order chi connectivity index (χ0) is 14.5. The second-order valence-corrected chi connectivity index (χ2v) is 8.19. The van der Waals surface area contributed by atoms with E-state index in [2.05, 4.69) is 15.9 Å². The Morgan fingerprint density at radius 2 is 1.90 bits per heavy atom. The van der Waals surface area contributed by atoms with Gasteiger partial charge in [0.05, 0.1) is 23.4 Å². The van der Waals surface area contributed by atoms with Crippen LogP contribution in [0.2, 0.25) is 0 Å². The highest BCUT2D eigenvalue weighted by Crippen LogP contribution is 2.46. The molecule has 2 aliphatic rings. The molecule has 1 aliphatic carbocycles. The lowest BCUT2D eigenvalue weighted by Gasteiger charge is -2.41. The van der Waals surface area contributed by atoms with E-state index in [1.165, 1.54) is 0 Å². The summed E-state index contributed by atoms with van der Waals surface area (Å²) < 4.78 is 42.1. The molecular weight excluding hydrogens is 348 g/mol. The van der Waals surface area contributed by atoms with Crippen molar-refractivity contribution in [2.75, 3.05) is 0 Å².